The molecular weight excluding hydrogens is 1670 g/mol. The van der Waals surface area contributed by atoms with Crippen LogP contribution in [0.1, 0.15) is 131 Å². The highest BCUT2D eigenvalue weighted by Crippen LogP contribution is 2.23. The first-order chi connectivity index (χ1) is 59.8. The van der Waals surface area contributed by atoms with Crippen LogP contribution in [0.5, 0.6) is 5.75 Å². The first-order valence-electron chi connectivity index (χ1n) is 41.8. The summed E-state index contributed by atoms with van der Waals surface area (Å²) in [6.07, 6.45) is -3.36. The fourth-order valence-electron chi connectivity index (χ4n) is 13.4. The lowest BCUT2D eigenvalue weighted by Crippen LogP contribution is -2.62. The SMILES string of the molecule is Cc1cccc(C[C@@H]2NC(=O)[C@H](CC(=O)O)NC(=O)[C@H](Cc3ccc(OCC(=O)O)cc3)NC(=O)[C@H](CN)NC(=O)CSCC(C(N)=O)NC(=O)[C@H](CO)NC(=O)[C@H](C(C)C)NC(=O)[C@H](CC(C)C)NC(=O)[C@H](CC(N)=O)NC(=O)[C@@H](CC(C)C)NC(=O)[C@H](C)N(C)C(=O)[C@H](C(C)C)NC(=O)[C@H](Cc3ccc(-c4ccccc4)cc3)NC(=O)[C@H](CC(C)C)NC2=O)c1. The molecule has 40 heteroatoms. The Balaban J connectivity index is 1.65. The second-order valence-electron chi connectivity index (χ2n) is 33.3. The van der Waals surface area contributed by atoms with E-state index < -0.39 is 259 Å². The maximum atomic E-state index is 15.2. The third-order valence-electron chi connectivity index (χ3n) is 20.4. The Kier molecular flexibility index (Phi) is 42.3. The number of carboxylic acid groups (broad SMARTS) is 2. The van der Waals surface area contributed by atoms with E-state index in [1.165, 1.54) is 52.1 Å². The van der Waals surface area contributed by atoms with Crippen LogP contribution in [0, 0.1) is 36.5 Å². The number of nitrogens with one attached hydrogen (secondary N) is 13. The second-order valence-corrected chi connectivity index (χ2v) is 34.3. The van der Waals surface area contributed by atoms with Gasteiger partial charge in [0.2, 0.25) is 94.5 Å². The zero-order chi connectivity index (χ0) is 94.8. The van der Waals surface area contributed by atoms with E-state index in [-0.39, 0.29) is 55.3 Å². The van der Waals surface area contributed by atoms with Gasteiger partial charge in [-0.15, -0.1) is 11.8 Å². The minimum atomic E-state index is -2.06. The Morgan fingerprint density at radius 3 is 1.29 bits per heavy atom. The van der Waals surface area contributed by atoms with E-state index in [9.17, 15) is 87.2 Å². The summed E-state index contributed by atoms with van der Waals surface area (Å²) >= 11 is 0.691. The van der Waals surface area contributed by atoms with Crippen molar-refractivity contribution in [1.29, 1.82) is 0 Å². The standard InChI is InChI=1S/C87H123N17O22S/c1-44(2)30-57-76(114)98-63(37-68(89)106)80(118)94-59(32-46(5)6)82(120)102-72(47(7)8)86(124)100-66(40-105)85(123)101-67(74(90)112)42-127-43-69(107)91-65(39-88)84(122)97-60(35-52-24-28-56(29-25-52)126-41-71(110)111)78(116)99-64(38-70(108)109)81(119)96-62(36-53-19-17-18-49(11)33-53)79(117)93-58(31-45(3)4)77(115)95-61(34-51-22-26-55(27-23-51)54-20-15-14-16-21-54)83(121)103-73(48(9)10)87(125)104(13)50(12)75(113)92-57/h14-29,33,44-48,50,57-67,72-73,105H,30-32,34-43,88H2,1-13H3,(H2,89,106)(H2,90,112)(H,91,107)(H,92,113)(H,93,117)(H,94,118)(H,95,115)(H,96,119)(H,97,122)(H,98,114)(H,99,116)(H,100,124)(H,101,123)(H,102,120)(H,103,121)(H,108,109)(H,110,111)/t50-,57+,58-,59-,60-,61-,62-,63-,64-,65-,66-,67?,72-,73-/m0/s1. The summed E-state index contributed by atoms with van der Waals surface area (Å²) in [5.41, 5.74) is 20.9. The normalized spacial score (nSPS) is 23.9. The molecule has 4 aromatic carbocycles. The molecule has 1 saturated heterocycles. The quantitative estimate of drug-likeness (QED) is 0.0351. The molecule has 4 aromatic rings. The number of aryl methyl sites for hydroxylation is 1. The van der Waals surface area contributed by atoms with Crippen molar-refractivity contribution in [3.63, 3.8) is 0 Å². The van der Waals surface area contributed by atoms with Crippen molar-refractivity contribution < 1.29 is 106 Å². The summed E-state index contributed by atoms with van der Waals surface area (Å²) in [6.45, 7) is 17.1. The van der Waals surface area contributed by atoms with Gasteiger partial charge in [0.05, 0.1) is 25.2 Å². The molecule has 0 spiro atoms. The van der Waals surface area contributed by atoms with Crippen molar-refractivity contribution in [2.24, 2.45) is 46.8 Å². The summed E-state index contributed by atoms with van der Waals surface area (Å²) < 4.78 is 5.26. The van der Waals surface area contributed by atoms with Crippen LogP contribution in [-0.2, 0) is 106 Å². The number of carbonyl (C=O) groups is 18. The zero-order valence-electron chi connectivity index (χ0n) is 73.7. The lowest BCUT2D eigenvalue weighted by molar-refractivity contribution is -0.143. The van der Waals surface area contributed by atoms with Crippen LogP contribution in [0.3, 0.4) is 0 Å². The molecule has 1 unspecified atom stereocenters. The Morgan fingerprint density at radius 1 is 0.441 bits per heavy atom. The average molecular weight is 1790 g/mol. The van der Waals surface area contributed by atoms with E-state index in [4.69, 9.17) is 21.9 Å². The van der Waals surface area contributed by atoms with Crippen LogP contribution in [0.15, 0.2) is 103 Å². The van der Waals surface area contributed by atoms with Gasteiger partial charge in [-0.2, -0.15) is 0 Å². The van der Waals surface area contributed by atoms with Crippen molar-refractivity contribution in [3.05, 3.63) is 125 Å². The Bertz CT molecular complexity index is 4520. The van der Waals surface area contributed by atoms with Crippen molar-refractivity contribution in [3.8, 4) is 16.9 Å². The smallest absolute Gasteiger partial charge is 0.341 e. The van der Waals surface area contributed by atoms with E-state index in [0.29, 0.717) is 28.5 Å². The molecule has 14 atom stereocenters. The lowest BCUT2D eigenvalue weighted by Gasteiger charge is -2.33. The van der Waals surface area contributed by atoms with Gasteiger partial charge in [-0.1, -0.05) is 166 Å². The van der Waals surface area contributed by atoms with Crippen molar-refractivity contribution in [2.75, 3.05) is 38.3 Å². The van der Waals surface area contributed by atoms with Gasteiger partial charge in [0, 0.05) is 38.6 Å². The summed E-state index contributed by atoms with van der Waals surface area (Å²) in [7, 11) is 1.27. The van der Waals surface area contributed by atoms with Gasteiger partial charge < -0.3 is 111 Å². The Labute approximate surface area is 741 Å². The first kappa shape index (κ1) is 105. The molecule has 16 amide bonds. The summed E-state index contributed by atoms with van der Waals surface area (Å²) in [5, 5.41) is 63.0. The predicted octanol–water partition coefficient (Wildman–Crippen LogP) is -1.71. The van der Waals surface area contributed by atoms with Crippen molar-refractivity contribution >= 4 is 118 Å². The molecule has 0 saturated carbocycles. The highest BCUT2D eigenvalue weighted by molar-refractivity contribution is 8.00. The van der Waals surface area contributed by atoms with Gasteiger partial charge in [0.1, 0.15) is 90.3 Å². The number of nitrogens with two attached hydrogens (primary N) is 3. The summed E-state index contributed by atoms with van der Waals surface area (Å²) in [5.74, 6) is -23.2. The van der Waals surface area contributed by atoms with Crippen molar-refractivity contribution in [1.82, 2.24) is 74.0 Å². The molecule has 1 heterocycles. The fraction of sp³-hybridized carbons (Fsp3) is 0.517. The maximum Gasteiger partial charge on any atom is 0.341 e. The highest BCUT2D eigenvalue weighted by Gasteiger charge is 2.41. The number of rotatable bonds is 25. The maximum absolute atomic E-state index is 15.2. The number of hydrogen-bond acceptors (Lipinski definition) is 22. The topological polar surface area (TPSA) is 615 Å². The molecule has 22 N–H and O–H groups in total. The number of thioether (sulfide) groups is 1. The number of benzene rings is 4. The molecule has 1 aliphatic heterocycles. The molecule has 127 heavy (non-hydrogen) atoms. The minimum absolute atomic E-state index is 0.0692. The molecule has 1 fully saturated rings. The number of carboxylic acids is 2. The average Bonchev–Trinajstić information content (AvgIpc) is 0.836. The second kappa shape index (κ2) is 51.1. The molecule has 5 rings (SSSR count). The minimum Gasteiger partial charge on any atom is -0.482 e. The van der Waals surface area contributed by atoms with Gasteiger partial charge in [-0.25, -0.2) is 4.79 Å². The van der Waals surface area contributed by atoms with E-state index >= 15 is 14.4 Å². The number of hydrogen-bond donors (Lipinski definition) is 19. The van der Waals surface area contributed by atoms with Crippen LogP contribution in [0.2, 0.25) is 0 Å². The number of aliphatic hydroxyl groups excluding tert-OH is 1. The van der Waals surface area contributed by atoms with Gasteiger partial charge in [-0.3, -0.25) is 81.5 Å². The molecule has 694 valence electrons. The van der Waals surface area contributed by atoms with Crippen LogP contribution < -0.4 is 91.1 Å². The number of nitrogens with zero attached hydrogens (tertiary/aromatic N) is 1. The fourth-order valence-corrected chi connectivity index (χ4v) is 14.3. The van der Waals surface area contributed by atoms with Gasteiger partial charge >= 0.3 is 11.9 Å². The first-order valence-corrected chi connectivity index (χ1v) is 43.0. The number of carbonyl (C=O) groups excluding carboxylic acids is 16. The zero-order valence-corrected chi connectivity index (χ0v) is 74.5. The number of likely N-dealkylation sites (N-methyl/N-ethyl adjacent to an activating group) is 1. The molecule has 0 bridgehead atoms. The van der Waals surface area contributed by atoms with Crippen LogP contribution in [-0.4, -0.2) is 250 Å². The van der Waals surface area contributed by atoms with E-state index in [0.717, 1.165) is 16.0 Å². The highest BCUT2D eigenvalue weighted by atomic mass is 32.2. The van der Waals surface area contributed by atoms with E-state index in [1.807, 2.05) is 30.3 Å². The van der Waals surface area contributed by atoms with E-state index in [1.54, 1.807) is 111 Å². The Hall–Kier alpha value is -12.6. The third-order valence-corrected chi connectivity index (χ3v) is 21.4. The molecule has 39 nitrogen and oxygen atoms in total. The number of ether oxygens (including phenoxy) is 1. The van der Waals surface area contributed by atoms with Crippen LogP contribution in [0.25, 0.3) is 11.1 Å². The van der Waals surface area contributed by atoms with Gasteiger partial charge in [0.15, 0.2) is 6.61 Å². The number of amides is 16. The molecule has 0 aliphatic carbocycles. The molecule has 0 radical (unpaired) electrons. The molecular formula is C87H123N17O22S. The van der Waals surface area contributed by atoms with Gasteiger partial charge in [-0.05, 0) is 103 Å². The number of primary amides is 2. The lowest BCUT2D eigenvalue weighted by atomic mass is 9.97. The Morgan fingerprint density at radius 2 is 0.843 bits per heavy atom. The third kappa shape index (κ3) is 35.0. The summed E-state index contributed by atoms with van der Waals surface area (Å²) in [4.78, 5) is 255. The van der Waals surface area contributed by atoms with Crippen LogP contribution in [0.4, 0.5) is 0 Å². The number of aliphatic carboxylic acids is 2. The van der Waals surface area contributed by atoms with Crippen molar-refractivity contribution in [2.45, 2.75) is 219 Å². The molecule has 0 aromatic heterocycles. The van der Waals surface area contributed by atoms with E-state index in [2.05, 4.69) is 69.1 Å². The number of aliphatic hydroxyl groups is 1. The summed E-state index contributed by atoms with van der Waals surface area (Å²) in [6, 6.07) is 5.63. The van der Waals surface area contributed by atoms with Gasteiger partial charge in [0.25, 0.3) is 0 Å². The predicted molar refractivity (Wildman–Crippen MR) is 468 cm³/mol. The monoisotopic (exact) mass is 1790 g/mol. The largest absolute Gasteiger partial charge is 0.482 e. The van der Waals surface area contributed by atoms with Crippen LogP contribution >= 0.6 is 11.8 Å². The molecule has 1 aliphatic rings.